The molecule has 0 amide bonds. The Bertz CT molecular complexity index is 359. The summed E-state index contributed by atoms with van der Waals surface area (Å²) in [5.41, 5.74) is 7.03. The Kier molecular flexibility index (Phi) is 4.76. The summed E-state index contributed by atoms with van der Waals surface area (Å²) in [6, 6.07) is 0.118. The zero-order chi connectivity index (χ0) is 12.1. The van der Waals surface area contributed by atoms with Crippen LogP contribution >= 0.6 is 11.6 Å². The summed E-state index contributed by atoms with van der Waals surface area (Å²) >= 11 is 5.76. The summed E-state index contributed by atoms with van der Waals surface area (Å²) in [6.07, 6.45) is 0. The molecule has 1 aromatic rings. The number of nitrogens with two attached hydrogens (primary N) is 1. The Morgan fingerprint density at radius 1 is 1.50 bits per heavy atom. The normalized spacial score (nSPS) is 12.5. The molecule has 0 saturated carbocycles. The number of hydrogen-bond donors (Lipinski definition) is 2. The molecule has 0 aliphatic carbocycles. The molecule has 0 aliphatic heterocycles. The first-order valence-corrected chi connectivity index (χ1v) is 5.56. The van der Waals surface area contributed by atoms with Gasteiger partial charge in [-0.2, -0.15) is 4.98 Å². The van der Waals surface area contributed by atoms with E-state index >= 15 is 0 Å². The second kappa shape index (κ2) is 5.86. The predicted molar refractivity (Wildman–Crippen MR) is 65.8 cm³/mol. The number of aryl methyl sites for hydroxylation is 1. The van der Waals surface area contributed by atoms with Crippen molar-refractivity contribution in [3.05, 3.63) is 11.0 Å². The van der Waals surface area contributed by atoms with E-state index in [-0.39, 0.29) is 11.3 Å². The highest BCUT2D eigenvalue weighted by atomic mass is 35.5. The molecule has 6 heteroatoms. The minimum absolute atomic E-state index is 0.118. The van der Waals surface area contributed by atoms with Crippen LogP contribution in [-0.2, 0) is 4.74 Å². The third-order valence-electron chi connectivity index (χ3n) is 2.06. The molecule has 1 atom stereocenters. The van der Waals surface area contributed by atoms with Crippen LogP contribution in [0.2, 0.25) is 5.28 Å². The SMILES string of the molecule is CCOCC(C)Nc1nc(Cl)nc(C)c1N. The fourth-order valence-corrected chi connectivity index (χ4v) is 1.44. The van der Waals surface area contributed by atoms with E-state index in [1.165, 1.54) is 0 Å². The Balaban J connectivity index is 2.72. The van der Waals surface area contributed by atoms with Gasteiger partial charge in [0, 0.05) is 12.6 Å². The first-order chi connectivity index (χ1) is 7.54. The van der Waals surface area contributed by atoms with Gasteiger partial charge in [0.25, 0.3) is 0 Å². The van der Waals surface area contributed by atoms with Crippen LogP contribution in [0.3, 0.4) is 0 Å². The van der Waals surface area contributed by atoms with E-state index in [9.17, 15) is 0 Å². The van der Waals surface area contributed by atoms with Crippen LogP contribution < -0.4 is 11.1 Å². The summed E-state index contributed by atoms with van der Waals surface area (Å²) in [6.45, 7) is 7.01. The highest BCUT2D eigenvalue weighted by Gasteiger charge is 2.10. The second-order valence-corrected chi connectivity index (χ2v) is 3.88. The average molecular weight is 245 g/mol. The van der Waals surface area contributed by atoms with Gasteiger partial charge in [0.05, 0.1) is 18.0 Å². The van der Waals surface area contributed by atoms with Crippen LogP contribution in [0.25, 0.3) is 0 Å². The molecule has 0 spiro atoms. The molecule has 90 valence electrons. The van der Waals surface area contributed by atoms with E-state index in [0.29, 0.717) is 30.4 Å². The monoisotopic (exact) mass is 244 g/mol. The molecule has 0 aromatic carbocycles. The Hall–Kier alpha value is -1.07. The molecular weight excluding hydrogens is 228 g/mol. The minimum atomic E-state index is 0.118. The first kappa shape index (κ1) is 13.0. The number of aromatic nitrogens is 2. The van der Waals surface area contributed by atoms with Gasteiger partial charge in [0.2, 0.25) is 5.28 Å². The smallest absolute Gasteiger partial charge is 0.224 e. The lowest BCUT2D eigenvalue weighted by atomic mass is 10.3. The third-order valence-corrected chi connectivity index (χ3v) is 2.23. The van der Waals surface area contributed by atoms with Crippen molar-refractivity contribution in [3.8, 4) is 0 Å². The Labute approximate surface area is 100 Å². The summed E-state index contributed by atoms with van der Waals surface area (Å²) in [5.74, 6) is 0.560. The largest absolute Gasteiger partial charge is 0.394 e. The van der Waals surface area contributed by atoms with Gasteiger partial charge < -0.3 is 15.8 Å². The lowest BCUT2D eigenvalue weighted by molar-refractivity contribution is 0.141. The van der Waals surface area contributed by atoms with Crippen LogP contribution in [0.15, 0.2) is 0 Å². The molecule has 0 fully saturated rings. The predicted octanol–water partition coefficient (Wildman–Crippen LogP) is 1.86. The van der Waals surface area contributed by atoms with Crippen LogP contribution in [-0.4, -0.2) is 29.2 Å². The fourth-order valence-electron chi connectivity index (χ4n) is 1.23. The van der Waals surface area contributed by atoms with Gasteiger partial charge in [-0.05, 0) is 32.4 Å². The van der Waals surface area contributed by atoms with Crippen LogP contribution in [0.5, 0.6) is 0 Å². The average Bonchev–Trinajstić information content (AvgIpc) is 2.22. The van der Waals surface area contributed by atoms with Gasteiger partial charge in [-0.3, -0.25) is 0 Å². The van der Waals surface area contributed by atoms with E-state index in [1.807, 2.05) is 13.8 Å². The van der Waals surface area contributed by atoms with E-state index in [0.717, 1.165) is 0 Å². The number of rotatable bonds is 5. The number of nitrogens with zero attached hydrogens (tertiary/aromatic N) is 2. The molecule has 16 heavy (non-hydrogen) atoms. The fraction of sp³-hybridized carbons (Fsp3) is 0.600. The number of anilines is 2. The van der Waals surface area contributed by atoms with E-state index < -0.39 is 0 Å². The topological polar surface area (TPSA) is 73.1 Å². The van der Waals surface area contributed by atoms with Crippen molar-refractivity contribution in [2.45, 2.75) is 26.8 Å². The van der Waals surface area contributed by atoms with Crippen LogP contribution in [0.4, 0.5) is 11.5 Å². The second-order valence-electron chi connectivity index (χ2n) is 3.55. The third kappa shape index (κ3) is 3.50. The molecule has 0 bridgehead atoms. The highest BCUT2D eigenvalue weighted by molar-refractivity contribution is 6.28. The van der Waals surface area contributed by atoms with Crippen molar-refractivity contribution in [1.29, 1.82) is 0 Å². The van der Waals surface area contributed by atoms with Crippen molar-refractivity contribution in [3.63, 3.8) is 0 Å². The molecule has 1 unspecified atom stereocenters. The summed E-state index contributed by atoms with van der Waals surface area (Å²) in [5, 5.41) is 3.33. The van der Waals surface area contributed by atoms with E-state index in [2.05, 4.69) is 15.3 Å². The van der Waals surface area contributed by atoms with E-state index in [4.69, 9.17) is 22.1 Å². The molecular formula is C10H17ClN4O. The Morgan fingerprint density at radius 2 is 2.19 bits per heavy atom. The number of halogens is 1. The standard InChI is InChI=1S/C10H17ClN4O/c1-4-16-5-6(2)13-9-8(12)7(3)14-10(11)15-9/h6H,4-5,12H2,1-3H3,(H,13,14,15). The number of ether oxygens (including phenoxy) is 1. The summed E-state index contributed by atoms with van der Waals surface area (Å²) in [7, 11) is 0. The quantitative estimate of drug-likeness (QED) is 0.774. The van der Waals surface area contributed by atoms with Crippen molar-refractivity contribution in [2.24, 2.45) is 0 Å². The van der Waals surface area contributed by atoms with Crippen molar-refractivity contribution in [1.82, 2.24) is 9.97 Å². The van der Waals surface area contributed by atoms with Gasteiger partial charge >= 0.3 is 0 Å². The molecule has 1 aromatic heterocycles. The van der Waals surface area contributed by atoms with Crippen molar-refractivity contribution < 1.29 is 4.74 Å². The maximum Gasteiger partial charge on any atom is 0.224 e. The summed E-state index contributed by atoms with van der Waals surface area (Å²) < 4.78 is 5.29. The van der Waals surface area contributed by atoms with Crippen molar-refractivity contribution in [2.75, 3.05) is 24.3 Å². The maximum absolute atomic E-state index is 5.84. The minimum Gasteiger partial charge on any atom is -0.394 e. The van der Waals surface area contributed by atoms with Gasteiger partial charge in [0.15, 0.2) is 5.82 Å². The molecule has 1 rings (SSSR count). The highest BCUT2D eigenvalue weighted by Crippen LogP contribution is 2.21. The number of nitrogen functional groups attached to an aromatic ring is 1. The number of hydrogen-bond acceptors (Lipinski definition) is 5. The molecule has 0 saturated heterocycles. The molecule has 0 radical (unpaired) electrons. The Morgan fingerprint density at radius 3 is 2.81 bits per heavy atom. The van der Waals surface area contributed by atoms with Crippen LogP contribution in [0.1, 0.15) is 19.5 Å². The van der Waals surface area contributed by atoms with Gasteiger partial charge in [0.1, 0.15) is 0 Å². The lowest BCUT2D eigenvalue weighted by Crippen LogP contribution is -2.23. The molecule has 1 heterocycles. The van der Waals surface area contributed by atoms with Crippen molar-refractivity contribution >= 4 is 23.1 Å². The molecule has 3 N–H and O–H groups in total. The van der Waals surface area contributed by atoms with Gasteiger partial charge in [-0.15, -0.1) is 0 Å². The molecule has 0 aliphatic rings. The summed E-state index contributed by atoms with van der Waals surface area (Å²) in [4.78, 5) is 8.01. The van der Waals surface area contributed by atoms with Gasteiger partial charge in [-0.1, -0.05) is 0 Å². The number of nitrogens with one attached hydrogen (secondary N) is 1. The zero-order valence-electron chi connectivity index (χ0n) is 9.75. The zero-order valence-corrected chi connectivity index (χ0v) is 10.5. The maximum atomic E-state index is 5.84. The lowest BCUT2D eigenvalue weighted by Gasteiger charge is -2.16. The molecule has 5 nitrogen and oxygen atoms in total. The first-order valence-electron chi connectivity index (χ1n) is 5.18. The van der Waals surface area contributed by atoms with Gasteiger partial charge in [-0.25, -0.2) is 4.98 Å². The van der Waals surface area contributed by atoms with E-state index in [1.54, 1.807) is 6.92 Å². The van der Waals surface area contributed by atoms with Crippen LogP contribution in [0, 0.1) is 6.92 Å².